The molecule has 1 amide bonds. The van der Waals surface area contributed by atoms with Gasteiger partial charge in [0, 0.05) is 44.7 Å². The summed E-state index contributed by atoms with van der Waals surface area (Å²) in [5.74, 6) is 0.958. The SMILES string of the molecule is CCCCCCCCC(=O)N(CCC)Cc1c(C)nn(-c2cccc(F)c2)c1N1CCN(CC)CC1. The summed E-state index contributed by atoms with van der Waals surface area (Å²) in [6.45, 7) is 14.6. The van der Waals surface area contributed by atoms with Crippen LogP contribution in [0.1, 0.15) is 83.4 Å². The Morgan fingerprint density at radius 2 is 1.72 bits per heavy atom. The van der Waals surface area contributed by atoms with Gasteiger partial charge < -0.3 is 14.7 Å². The zero-order valence-electron chi connectivity index (χ0n) is 22.9. The summed E-state index contributed by atoms with van der Waals surface area (Å²) in [5, 5.41) is 4.87. The first-order valence-electron chi connectivity index (χ1n) is 14.1. The average molecular weight is 500 g/mol. The van der Waals surface area contributed by atoms with Crippen molar-refractivity contribution < 1.29 is 9.18 Å². The zero-order valence-corrected chi connectivity index (χ0v) is 22.9. The Morgan fingerprint density at radius 1 is 1.00 bits per heavy atom. The maximum Gasteiger partial charge on any atom is 0.222 e. The molecular weight excluding hydrogens is 453 g/mol. The summed E-state index contributed by atoms with van der Waals surface area (Å²) in [6, 6.07) is 6.63. The number of aryl methyl sites for hydroxylation is 1. The highest BCUT2D eigenvalue weighted by atomic mass is 19.1. The third-order valence-electron chi connectivity index (χ3n) is 7.27. The van der Waals surface area contributed by atoms with E-state index in [0.29, 0.717) is 13.0 Å². The van der Waals surface area contributed by atoms with Gasteiger partial charge in [-0.25, -0.2) is 9.07 Å². The Morgan fingerprint density at radius 3 is 2.39 bits per heavy atom. The molecule has 200 valence electrons. The number of aromatic nitrogens is 2. The second-order valence-corrected chi connectivity index (χ2v) is 10.0. The van der Waals surface area contributed by atoms with Crippen molar-refractivity contribution in [2.45, 2.75) is 85.6 Å². The van der Waals surface area contributed by atoms with Crippen LogP contribution in [0.4, 0.5) is 10.2 Å². The normalized spacial score (nSPS) is 14.4. The molecule has 0 N–H and O–H groups in total. The number of carbonyl (C=O) groups excluding carboxylic acids is 1. The van der Waals surface area contributed by atoms with Gasteiger partial charge in [-0.2, -0.15) is 5.10 Å². The zero-order chi connectivity index (χ0) is 25.9. The van der Waals surface area contributed by atoms with Crippen LogP contribution in [0.2, 0.25) is 0 Å². The molecule has 0 spiro atoms. The molecule has 0 atom stereocenters. The molecule has 3 rings (SSSR count). The van der Waals surface area contributed by atoms with E-state index in [9.17, 15) is 9.18 Å². The molecule has 0 bridgehead atoms. The van der Waals surface area contributed by atoms with Crippen LogP contribution in [0.15, 0.2) is 24.3 Å². The summed E-state index contributed by atoms with van der Waals surface area (Å²) in [6.07, 6.45) is 8.59. The number of likely N-dealkylation sites (N-methyl/N-ethyl adjacent to an activating group) is 1. The van der Waals surface area contributed by atoms with Gasteiger partial charge in [-0.1, -0.05) is 58.9 Å². The fraction of sp³-hybridized carbons (Fsp3) is 0.655. The number of hydrogen-bond acceptors (Lipinski definition) is 4. The second-order valence-electron chi connectivity index (χ2n) is 10.0. The van der Waals surface area contributed by atoms with Gasteiger partial charge in [-0.3, -0.25) is 4.79 Å². The number of rotatable bonds is 14. The van der Waals surface area contributed by atoms with Crippen LogP contribution in [0.25, 0.3) is 5.69 Å². The average Bonchev–Trinajstić information content (AvgIpc) is 3.21. The predicted octanol–water partition coefficient (Wildman–Crippen LogP) is 5.95. The van der Waals surface area contributed by atoms with Crippen molar-refractivity contribution in [3.8, 4) is 5.69 Å². The number of piperazine rings is 1. The first-order valence-corrected chi connectivity index (χ1v) is 14.1. The molecule has 1 aliphatic rings. The predicted molar refractivity (Wildman–Crippen MR) is 146 cm³/mol. The highest BCUT2D eigenvalue weighted by Crippen LogP contribution is 2.30. The van der Waals surface area contributed by atoms with E-state index in [-0.39, 0.29) is 11.7 Å². The number of unbranched alkanes of at least 4 members (excludes halogenated alkanes) is 5. The third-order valence-corrected chi connectivity index (χ3v) is 7.27. The highest BCUT2D eigenvalue weighted by Gasteiger charge is 2.27. The monoisotopic (exact) mass is 499 g/mol. The quantitative estimate of drug-likeness (QED) is 0.301. The number of amides is 1. The molecule has 0 saturated carbocycles. The molecule has 36 heavy (non-hydrogen) atoms. The smallest absolute Gasteiger partial charge is 0.222 e. The summed E-state index contributed by atoms with van der Waals surface area (Å²) < 4.78 is 16.0. The van der Waals surface area contributed by atoms with Crippen LogP contribution < -0.4 is 4.90 Å². The van der Waals surface area contributed by atoms with Crippen LogP contribution in [-0.4, -0.2) is 64.8 Å². The fourth-order valence-electron chi connectivity index (χ4n) is 5.09. The number of carbonyl (C=O) groups is 1. The standard InChI is InChI=1S/C29H46FN5O/c1-5-8-9-10-11-12-16-28(36)34(17-6-2)23-27-24(4)31-35(26-15-13-14-25(30)22-26)29(27)33-20-18-32(7-3)19-21-33/h13-15,22H,5-12,16-21,23H2,1-4H3. The number of benzene rings is 1. The van der Waals surface area contributed by atoms with Crippen LogP contribution in [0.3, 0.4) is 0 Å². The third kappa shape index (κ3) is 7.55. The molecule has 1 aliphatic heterocycles. The van der Waals surface area contributed by atoms with E-state index in [1.807, 2.05) is 22.6 Å². The topological polar surface area (TPSA) is 44.6 Å². The van der Waals surface area contributed by atoms with Gasteiger partial charge in [0.25, 0.3) is 0 Å². The largest absolute Gasteiger partial charge is 0.354 e. The molecule has 1 fully saturated rings. The molecule has 0 unspecified atom stereocenters. The van der Waals surface area contributed by atoms with Crippen molar-refractivity contribution in [2.75, 3.05) is 44.2 Å². The van der Waals surface area contributed by atoms with Crippen molar-refractivity contribution in [3.05, 3.63) is 41.3 Å². The molecule has 0 aliphatic carbocycles. The van der Waals surface area contributed by atoms with Crippen LogP contribution in [0, 0.1) is 12.7 Å². The number of hydrogen-bond donors (Lipinski definition) is 0. The minimum Gasteiger partial charge on any atom is -0.354 e. The molecule has 2 heterocycles. The minimum atomic E-state index is -0.273. The van der Waals surface area contributed by atoms with E-state index in [4.69, 9.17) is 5.10 Å². The van der Waals surface area contributed by atoms with E-state index in [0.717, 1.165) is 81.3 Å². The van der Waals surface area contributed by atoms with Crippen molar-refractivity contribution >= 4 is 11.7 Å². The Bertz CT molecular complexity index is 951. The van der Waals surface area contributed by atoms with E-state index in [2.05, 4.69) is 30.6 Å². The molecular formula is C29H46FN5O. The summed E-state index contributed by atoms with van der Waals surface area (Å²) >= 11 is 0. The first kappa shape index (κ1) is 28.2. The molecule has 7 heteroatoms. The molecule has 1 saturated heterocycles. The lowest BCUT2D eigenvalue weighted by atomic mass is 10.1. The summed E-state index contributed by atoms with van der Waals surface area (Å²) in [4.78, 5) is 20.1. The first-order chi connectivity index (χ1) is 17.5. The summed E-state index contributed by atoms with van der Waals surface area (Å²) in [7, 11) is 0. The van der Waals surface area contributed by atoms with Crippen LogP contribution in [-0.2, 0) is 11.3 Å². The van der Waals surface area contributed by atoms with Crippen LogP contribution in [0.5, 0.6) is 0 Å². The lowest BCUT2D eigenvalue weighted by Crippen LogP contribution is -2.47. The van der Waals surface area contributed by atoms with E-state index < -0.39 is 0 Å². The Kier molecular flexibility index (Phi) is 11.2. The van der Waals surface area contributed by atoms with E-state index in [1.165, 1.54) is 37.8 Å². The lowest BCUT2D eigenvalue weighted by molar-refractivity contribution is -0.132. The van der Waals surface area contributed by atoms with E-state index >= 15 is 0 Å². The number of halogens is 1. The van der Waals surface area contributed by atoms with Gasteiger partial charge in [-0.05, 0) is 44.5 Å². The Hall–Kier alpha value is -2.41. The minimum absolute atomic E-state index is 0.229. The molecule has 1 aromatic heterocycles. The van der Waals surface area contributed by atoms with Crippen molar-refractivity contribution in [2.24, 2.45) is 0 Å². The van der Waals surface area contributed by atoms with Gasteiger partial charge in [0.05, 0.1) is 17.9 Å². The summed E-state index contributed by atoms with van der Waals surface area (Å²) in [5.41, 5.74) is 2.70. The number of nitrogens with zero attached hydrogens (tertiary/aromatic N) is 5. The maximum absolute atomic E-state index is 14.1. The number of anilines is 1. The second kappa shape index (κ2) is 14.4. The van der Waals surface area contributed by atoms with Crippen molar-refractivity contribution in [3.63, 3.8) is 0 Å². The fourth-order valence-corrected chi connectivity index (χ4v) is 5.09. The lowest BCUT2D eigenvalue weighted by Gasteiger charge is -2.36. The molecule has 0 radical (unpaired) electrons. The van der Waals surface area contributed by atoms with Crippen molar-refractivity contribution in [1.29, 1.82) is 0 Å². The molecule has 2 aromatic rings. The van der Waals surface area contributed by atoms with Gasteiger partial charge >= 0.3 is 0 Å². The van der Waals surface area contributed by atoms with Gasteiger partial charge in [0.1, 0.15) is 11.6 Å². The van der Waals surface area contributed by atoms with Gasteiger partial charge in [-0.15, -0.1) is 0 Å². The van der Waals surface area contributed by atoms with Crippen LogP contribution >= 0.6 is 0 Å². The maximum atomic E-state index is 14.1. The Labute approximate surface area is 217 Å². The van der Waals surface area contributed by atoms with Crippen molar-refractivity contribution in [1.82, 2.24) is 19.6 Å². The van der Waals surface area contributed by atoms with Gasteiger partial charge in [0.2, 0.25) is 5.91 Å². The van der Waals surface area contributed by atoms with Gasteiger partial charge in [0.15, 0.2) is 0 Å². The molecule has 1 aromatic carbocycles. The Balaban J connectivity index is 1.84. The molecule has 6 nitrogen and oxygen atoms in total. The highest BCUT2D eigenvalue weighted by molar-refractivity contribution is 5.76. The van der Waals surface area contributed by atoms with E-state index in [1.54, 1.807) is 6.07 Å².